The SMILES string of the molecule is Cc1cc(C)cc(C(=O)N2CCOC[C@@H](CCN3CCCC3)[C@@H]2C)c1. The van der Waals surface area contributed by atoms with E-state index in [0.29, 0.717) is 19.1 Å². The van der Waals surface area contributed by atoms with Crippen molar-refractivity contribution in [1.29, 1.82) is 0 Å². The van der Waals surface area contributed by atoms with E-state index in [1.54, 1.807) is 0 Å². The molecule has 3 rings (SSSR count). The molecule has 0 unspecified atom stereocenters. The molecule has 2 aliphatic heterocycles. The third-order valence-electron chi connectivity index (χ3n) is 5.73. The van der Waals surface area contributed by atoms with Gasteiger partial charge >= 0.3 is 0 Å². The molecule has 0 N–H and O–H groups in total. The number of carbonyl (C=O) groups is 1. The van der Waals surface area contributed by atoms with Crippen molar-refractivity contribution >= 4 is 5.91 Å². The number of ether oxygens (including phenoxy) is 1. The van der Waals surface area contributed by atoms with Gasteiger partial charge in [0.2, 0.25) is 0 Å². The Balaban J connectivity index is 1.69. The molecule has 25 heavy (non-hydrogen) atoms. The Morgan fingerprint density at radius 2 is 1.80 bits per heavy atom. The van der Waals surface area contributed by atoms with E-state index < -0.39 is 0 Å². The molecule has 2 saturated heterocycles. The smallest absolute Gasteiger partial charge is 0.254 e. The number of rotatable bonds is 4. The number of hydrogen-bond acceptors (Lipinski definition) is 3. The molecule has 2 heterocycles. The van der Waals surface area contributed by atoms with Crippen LogP contribution in [0, 0.1) is 19.8 Å². The molecule has 1 aromatic rings. The molecule has 2 aliphatic rings. The van der Waals surface area contributed by atoms with E-state index in [2.05, 4.69) is 31.7 Å². The minimum absolute atomic E-state index is 0.149. The summed E-state index contributed by atoms with van der Waals surface area (Å²) in [5.41, 5.74) is 3.10. The number of carbonyl (C=O) groups excluding carboxylic acids is 1. The standard InChI is InChI=1S/C21H32N2O2/c1-16-12-17(2)14-20(13-16)21(24)23-10-11-25-15-19(18(23)3)6-9-22-7-4-5-8-22/h12-14,18-19H,4-11,15H2,1-3H3/t18-,19+/m0/s1. The molecule has 0 spiro atoms. The first kappa shape index (κ1) is 18.4. The molecule has 0 aromatic heterocycles. The Kier molecular flexibility index (Phi) is 6.13. The fourth-order valence-corrected chi connectivity index (χ4v) is 4.22. The molecule has 1 aromatic carbocycles. The topological polar surface area (TPSA) is 32.8 Å². The van der Waals surface area contributed by atoms with Crippen LogP contribution in [-0.2, 0) is 4.74 Å². The molecule has 2 atom stereocenters. The minimum Gasteiger partial charge on any atom is -0.379 e. The van der Waals surface area contributed by atoms with E-state index in [1.165, 1.54) is 25.9 Å². The van der Waals surface area contributed by atoms with E-state index in [1.807, 2.05) is 17.0 Å². The van der Waals surface area contributed by atoms with Gasteiger partial charge in [-0.1, -0.05) is 17.2 Å². The first-order valence-corrected chi connectivity index (χ1v) is 9.74. The van der Waals surface area contributed by atoms with Crippen molar-refractivity contribution in [2.24, 2.45) is 5.92 Å². The molecule has 1 amide bonds. The van der Waals surface area contributed by atoms with Crippen molar-refractivity contribution in [3.8, 4) is 0 Å². The fourth-order valence-electron chi connectivity index (χ4n) is 4.22. The van der Waals surface area contributed by atoms with Crippen LogP contribution in [0.15, 0.2) is 18.2 Å². The average Bonchev–Trinajstić information content (AvgIpc) is 3.02. The van der Waals surface area contributed by atoms with Gasteiger partial charge in [0.25, 0.3) is 5.91 Å². The summed E-state index contributed by atoms with van der Waals surface area (Å²) in [5.74, 6) is 0.564. The average molecular weight is 344 g/mol. The number of nitrogens with zero attached hydrogens (tertiary/aromatic N) is 2. The first-order chi connectivity index (χ1) is 12.0. The molecule has 0 bridgehead atoms. The van der Waals surface area contributed by atoms with E-state index in [0.717, 1.165) is 36.3 Å². The molecule has 138 valence electrons. The second-order valence-corrected chi connectivity index (χ2v) is 7.79. The van der Waals surface area contributed by atoms with E-state index in [-0.39, 0.29) is 11.9 Å². The summed E-state index contributed by atoms with van der Waals surface area (Å²) in [6.07, 6.45) is 3.76. The fraction of sp³-hybridized carbons (Fsp3) is 0.667. The number of amides is 1. The summed E-state index contributed by atoms with van der Waals surface area (Å²) in [5, 5.41) is 0. The third kappa shape index (κ3) is 4.62. The summed E-state index contributed by atoms with van der Waals surface area (Å²) >= 11 is 0. The van der Waals surface area contributed by atoms with Gasteiger partial charge in [-0.15, -0.1) is 0 Å². The Bertz CT molecular complexity index is 575. The van der Waals surface area contributed by atoms with Crippen molar-refractivity contribution in [1.82, 2.24) is 9.80 Å². The van der Waals surface area contributed by atoms with Crippen molar-refractivity contribution in [2.75, 3.05) is 39.4 Å². The van der Waals surface area contributed by atoms with E-state index >= 15 is 0 Å². The van der Waals surface area contributed by atoms with Gasteiger partial charge in [0.15, 0.2) is 0 Å². The predicted molar refractivity (Wildman–Crippen MR) is 101 cm³/mol. The summed E-state index contributed by atoms with van der Waals surface area (Å²) in [6.45, 7) is 12.0. The highest BCUT2D eigenvalue weighted by Crippen LogP contribution is 2.23. The highest BCUT2D eigenvalue weighted by atomic mass is 16.5. The van der Waals surface area contributed by atoms with Gasteiger partial charge in [0.1, 0.15) is 0 Å². The maximum Gasteiger partial charge on any atom is 0.254 e. The molecule has 4 heteroatoms. The highest BCUT2D eigenvalue weighted by molar-refractivity contribution is 5.94. The van der Waals surface area contributed by atoms with Gasteiger partial charge in [0.05, 0.1) is 13.2 Å². The van der Waals surface area contributed by atoms with Crippen molar-refractivity contribution < 1.29 is 9.53 Å². The predicted octanol–water partition coefficient (Wildman–Crippen LogP) is 3.27. The normalized spacial score (nSPS) is 25.2. The lowest BCUT2D eigenvalue weighted by molar-refractivity contribution is 0.0652. The molecule has 2 fully saturated rings. The zero-order chi connectivity index (χ0) is 17.8. The second kappa shape index (κ2) is 8.33. The van der Waals surface area contributed by atoms with Crippen LogP contribution in [-0.4, -0.2) is 61.1 Å². The van der Waals surface area contributed by atoms with E-state index in [4.69, 9.17) is 4.74 Å². The molecular formula is C21H32N2O2. The Labute approximate surface area is 152 Å². The Hall–Kier alpha value is -1.39. The largest absolute Gasteiger partial charge is 0.379 e. The molecular weight excluding hydrogens is 312 g/mol. The van der Waals surface area contributed by atoms with E-state index in [9.17, 15) is 4.79 Å². The van der Waals surface area contributed by atoms with Crippen molar-refractivity contribution in [3.63, 3.8) is 0 Å². The molecule has 4 nitrogen and oxygen atoms in total. The quantitative estimate of drug-likeness (QED) is 0.840. The van der Waals surface area contributed by atoms with Gasteiger partial charge in [0, 0.05) is 24.1 Å². The summed E-state index contributed by atoms with van der Waals surface area (Å²) in [4.78, 5) is 17.7. The lowest BCUT2D eigenvalue weighted by Crippen LogP contribution is -2.44. The van der Waals surface area contributed by atoms with Crippen LogP contribution in [0.3, 0.4) is 0 Å². The number of benzene rings is 1. The summed E-state index contributed by atoms with van der Waals surface area (Å²) < 4.78 is 5.84. The second-order valence-electron chi connectivity index (χ2n) is 7.79. The monoisotopic (exact) mass is 344 g/mol. The van der Waals surface area contributed by atoms with Gasteiger partial charge < -0.3 is 14.5 Å². The zero-order valence-corrected chi connectivity index (χ0v) is 16.0. The van der Waals surface area contributed by atoms with Crippen molar-refractivity contribution in [3.05, 3.63) is 34.9 Å². The maximum atomic E-state index is 13.1. The zero-order valence-electron chi connectivity index (χ0n) is 16.0. The molecule has 0 saturated carbocycles. The van der Waals surface area contributed by atoms with Crippen LogP contribution < -0.4 is 0 Å². The van der Waals surface area contributed by atoms with Crippen LogP contribution in [0.25, 0.3) is 0 Å². The summed E-state index contributed by atoms with van der Waals surface area (Å²) in [7, 11) is 0. The maximum absolute atomic E-state index is 13.1. The third-order valence-corrected chi connectivity index (χ3v) is 5.73. The van der Waals surface area contributed by atoms with Crippen LogP contribution >= 0.6 is 0 Å². The van der Waals surface area contributed by atoms with Gasteiger partial charge in [-0.3, -0.25) is 4.79 Å². The molecule has 0 radical (unpaired) electrons. The Morgan fingerprint density at radius 3 is 2.48 bits per heavy atom. The first-order valence-electron chi connectivity index (χ1n) is 9.74. The number of hydrogen-bond donors (Lipinski definition) is 0. The highest BCUT2D eigenvalue weighted by Gasteiger charge is 2.31. The van der Waals surface area contributed by atoms with Gasteiger partial charge in [-0.25, -0.2) is 0 Å². The van der Waals surface area contributed by atoms with Crippen LogP contribution in [0.1, 0.15) is 47.7 Å². The lowest BCUT2D eigenvalue weighted by atomic mass is 9.96. The molecule has 0 aliphatic carbocycles. The van der Waals surface area contributed by atoms with Crippen LogP contribution in [0.2, 0.25) is 0 Å². The van der Waals surface area contributed by atoms with Crippen LogP contribution in [0.5, 0.6) is 0 Å². The van der Waals surface area contributed by atoms with Gasteiger partial charge in [-0.2, -0.15) is 0 Å². The van der Waals surface area contributed by atoms with Gasteiger partial charge in [-0.05, 0) is 71.8 Å². The summed E-state index contributed by atoms with van der Waals surface area (Å²) in [6, 6.07) is 6.35. The van der Waals surface area contributed by atoms with Crippen LogP contribution in [0.4, 0.5) is 0 Å². The van der Waals surface area contributed by atoms with Crippen molar-refractivity contribution in [2.45, 2.75) is 46.1 Å². The lowest BCUT2D eigenvalue weighted by Gasteiger charge is -2.32. The Morgan fingerprint density at radius 1 is 1.12 bits per heavy atom. The number of aryl methyl sites for hydroxylation is 2. The minimum atomic E-state index is 0.149. The number of likely N-dealkylation sites (tertiary alicyclic amines) is 1.